The summed E-state index contributed by atoms with van der Waals surface area (Å²) in [5.41, 5.74) is 14.8. The van der Waals surface area contributed by atoms with Gasteiger partial charge >= 0.3 is 0 Å². The monoisotopic (exact) mass is 752 g/mol. The Morgan fingerprint density at radius 1 is 0.782 bits per heavy atom. The summed E-state index contributed by atoms with van der Waals surface area (Å²) in [5.74, 6) is -3.75. The van der Waals surface area contributed by atoms with E-state index < -0.39 is 59.7 Å². The Labute approximate surface area is 318 Å². The first-order chi connectivity index (χ1) is 26.5. The summed E-state index contributed by atoms with van der Waals surface area (Å²) < 4.78 is 0. The largest absolute Gasteiger partial charge is 0.508 e. The Kier molecular flexibility index (Phi) is 14.0. The maximum Gasteiger partial charge on any atom is 0.243 e. The Balaban J connectivity index is 1.44. The smallest absolute Gasteiger partial charge is 0.243 e. The van der Waals surface area contributed by atoms with Crippen molar-refractivity contribution in [2.75, 3.05) is 6.54 Å². The van der Waals surface area contributed by atoms with Crippen LogP contribution < -0.4 is 38.1 Å². The number of fused-ring (bicyclic) bond motifs is 1. The van der Waals surface area contributed by atoms with Crippen LogP contribution in [0.4, 0.5) is 0 Å². The molecule has 15 heteroatoms. The van der Waals surface area contributed by atoms with Crippen LogP contribution in [0, 0.1) is 0 Å². The molecule has 0 bridgehead atoms. The summed E-state index contributed by atoms with van der Waals surface area (Å²) in [6.07, 6.45) is 2.80. The second-order valence-electron chi connectivity index (χ2n) is 13.8. The van der Waals surface area contributed by atoms with Crippen molar-refractivity contribution in [3.05, 3.63) is 102 Å². The molecule has 0 saturated carbocycles. The lowest BCUT2D eigenvalue weighted by atomic mass is 10.0. The third kappa shape index (κ3) is 11.6. The number of aromatic hydroxyl groups is 1. The van der Waals surface area contributed by atoms with Gasteiger partial charge in [-0.1, -0.05) is 60.7 Å². The predicted molar refractivity (Wildman–Crippen MR) is 205 cm³/mol. The fraction of sp³-hybridized carbons (Fsp3) is 0.350. The van der Waals surface area contributed by atoms with E-state index in [0.717, 1.165) is 16.5 Å². The van der Waals surface area contributed by atoms with Crippen LogP contribution in [-0.4, -0.2) is 82.3 Å². The Hall–Kier alpha value is -6.22. The van der Waals surface area contributed by atoms with Gasteiger partial charge < -0.3 is 48.1 Å². The summed E-state index contributed by atoms with van der Waals surface area (Å²) in [4.78, 5) is 83.8. The first-order valence-electron chi connectivity index (χ1n) is 18.4. The van der Waals surface area contributed by atoms with Gasteiger partial charge in [0.05, 0.1) is 6.04 Å². The molecule has 0 radical (unpaired) electrons. The summed E-state index contributed by atoms with van der Waals surface area (Å²) in [6.45, 7) is 0.250. The highest BCUT2D eigenvalue weighted by molar-refractivity contribution is 5.96. The van der Waals surface area contributed by atoms with Crippen LogP contribution in [0.3, 0.4) is 0 Å². The van der Waals surface area contributed by atoms with Crippen LogP contribution in [0.15, 0.2) is 85.1 Å². The lowest BCUT2D eigenvalue weighted by Crippen LogP contribution is -2.59. The van der Waals surface area contributed by atoms with Gasteiger partial charge in [-0.05, 0) is 67.0 Å². The number of carbonyl (C=O) groups is 6. The zero-order valence-electron chi connectivity index (χ0n) is 30.4. The van der Waals surface area contributed by atoms with E-state index in [4.69, 9.17) is 11.5 Å². The fourth-order valence-corrected chi connectivity index (χ4v) is 6.48. The van der Waals surface area contributed by atoms with Crippen LogP contribution in [0.1, 0.15) is 48.8 Å². The number of benzene rings is 3. The number of nitrogens with one attached hydrogen (secondary N) is 6. The number of hydrogen-bond donors (Lipinski definition) is 9. The number of aromatic amines is 1. The number of carbonyl (C=O) groups excluding carboxylic acids is 6. The van der Waals surface area contributed by atoms with Crippen LogP contribution in [-0.2, 0) is 48.0 Å². The van der Waals surface area contributed by atoms with E-state index in [1.807, 2.05) is 30.3 Å². The maximum atomic E-state index is 14.3. The van der Waals surface area contributed by atoms with Gasteiger partial charge in [-0.2, -0.15) is 0 Å². The molecule has 5 rings (SSSR count). The molecule has 0 spiro atoms. The molecule has 1 aliphatic heterocycles. The second kappa shape index (κ2) is 19.2. The molecule has 1 aliphatic rings. The van der Waals surface area contributed by atoms with Crippen molar-refractivity contribution in [2.45, 2.75) is 81.6 Å². The number of primary amides is 1. The van der Waals surface area contributed by atoms with Crippen LogP contribution in [0.25, 0.3) is 10.9 Å². The van der Waals surface area contributed by atoms with Crippen molar-refractivity contribution in [1.82, 2.24) is 31.6 Å². The number of aromatic nitrogens is 1. The van der Waals surface area contributed by atoms with Gasteiger partial charge in [0.25, 0.3) is 0 Å². The normalized spacial score (nSPS) is 21.2. The van der Waals surface area contributed by atoms with Gasteiger partial charge in [-0.3, -0.25) is 28.8 Å². The Bertz CT molecular complexity index is 1970. The molecule has 5 unspecified atom stereocenters. The van der Waals surface area contributed by atoms with Crippen molar-refractivity contribution >= 4 is 46.3 Å². The molecule has 15 nitrogen and oxygen atoms in total. The molecule has 2 heterocycles. The molecule has 1 fully saturated rings. The molecule has 55 heavy (non-hydrogen) atoms. The Morgan fingerprint density at radius 3 is 2.20 bits per heavy atom. The third-order valence-corrected chi connectivity index (χ3v) is 9.57. The van der Waals surface area contributed by atoms with Crippen molar-refractivity contribution in [2.24, 2.45) is 11.5 Å². The highest BCUT2D eigenvalue weighted by Crippen LogP contribution is 2.20. The number of phenolic OH excluding ortho intramolecular Hbond substituents is 1. The summed E-state index contributed by atoms with van der Waals surface area (Å²) in [7, 11) is 0. The molecule has 290 valence electrons. The molecule has 0 aliphatic carbocycles. The molecule has 1 aromatic heterocycles. The number of para-hydroxylation sites is 1. The minimum Gasteiger partial charge on any atom is -0.508 e. The van der Waals surface area contributed by atoms with Crippen LogP contribution in [0.2, 0.25) is 0 Å². The van der Waals surface area contributed by atoms with Crippen molar-refractivity contribution in [3.8, 4) is 5.75 Å². The van der Waals surface area contributed by atoms with E-state index in [9.17, 15) is 33.9 Å². The average molecular weight is 753 g/mol. The molecule has 6 amide bonds. The number of rotatable bonds is 9. The van der Waals surface area contributed by atoms with Crippen LogP contribution >= 0.6 is 0 Å². The number of phenols is 1. The van der Waals surface area contributed by atoms with Gasteiger partial charge in [-0.25, -0.2) is 0 Å². The molecular weight excluding hydrogens is 704 g/mol. The average Bonchev–Trinajstić information content (AvgIpc) is 3.58. The number of nitrogens with two attached hydrogens (primary N) is 2. The van der Waals surface area contributed by atoms with E-state index in [2.05, 4.69) is 31.6 Å². The first kappa shape index (κ1) is 40.0. The van der Waals surface area contributed by atoms with E-state index in [-0.39, 0.29) is 56.7 Å². The highest BCUT2D eigenvalue weighted by Gasteiger charge is 2.32. The Morgan fingerprint density at radius 2 is 1.45 bits per heavy atom. The van der Waals surface area contributed by atoms with E-state index in [1.54, 1.807) is 42.6 Å². The molecule has 11 N–H and O–H groups in total. The molecule has 5 atom stereocenters. The fourth-order valence-electron chi connectivity index (χ4n) is 6.48. The lowest BCUT2D eigenvalue weighted by Gasteiger charge is -2.27. The van der Waals surface area contributed by atoms with Gasteiger partial charge in [0.2, 0.25) is 35.4 Å². The maximum absolute atomic E-state index is 14.3. The predicted octanol–water partition coefficient (Wildman–Crippen LogP) is 0.734. The minimum absolute atomic E-state index is 0.0260. The number of H-pyrrole nitrogens is 1. The molecule has 3 aromatic carbocycles. The zero-order chi connectivity index (χ0) is 39.3. The summed E-state index contributed by atoms with van der Waals surface area (Å²) >= 11 is 0. The zero-order valence-corrected chi connectivity index (χ0v) is 30.4. The highest BCUT2D eigenvalue weighted by atomic mass is 16.3. The van der Waals surface area contributed by atoms with E-state index in [0.29, 0.717) is 24.0 Å². The topological polar surface area (TPSA) is 251 Å². The summed E-state index contributed by atoms with van der Waals surface area (Å²) in [6, 6.07) is 17.0. The second-order valence-corrected chi connectivity index (χ2v) is 13.8. The molecule has 1 saturated heterocycles. The van der Waals surface area contributed by atoms with Gasteiger partial charge in [0.15, 0.2) is 0 Å². The van der Waals surface area contributed by atoms with Gasteiger partial charge in [0, 0.05) is 42.9 Å². The number of hydrogen-bond acceptors (Lipinski definition) is 8. The SMILES string of the molecule is NC(=O)C1CCC(=O)NCCCCC(NC(=O)C(N)Cc2ccc(O)cc2)C(=O)NC(Cc2c[nH]c3ccccc23)C(=O)NC(Cc2ccccc2)C(=O)N1. The standard InChI is InChI=1S/C40H48N8O7/c41-29(20-25-13-15-27(49)16-14-25)37(52)46-32-12-6-7-19-43-35(50)18-17-31(36(42)51)45-39(54)33(21-24-8-2-1-3-9-24)47-40(55)34(48-38(32)53)22-26-23-44-30-11-5-4-10-28(26)30/h1-5,8-11,13-16,23,29,31-34,44,49H,6-7,12,17-22,41H2,(H2,42,51)(H,43,50)(H,45,54)(H,46,52)(H,47,55)(H,48,53). The van der Waals surface area contributed by atoms with Gasteiger partial charge in [0.1, 0.15) is 29.9 Å². The third-order valence-electron chi connectivity index (χ3n) is 9.57. The lowest BCUT2D eigenvalue weighted by molar-refractivity contribution is -0.134. The van der Waals surface area contributed by atoms with E-state index in [1.165, 1.54) is 12.1 Å². The van der Waals surface area contributed by atoms with Crippen molar-refractivity contribution in [3.63, 3.8) is 0 Å². The van der Waals surface area contributed by atoms with Crippen molar-refractivity contribution < 1.29 is 33.9 Å². The minimum atomic E-state index is -1.21. The summed E-state index contributed by atoms with van der Waals surface area (Å²) in [5, 5.41) is 24.2. The van der Waals surface area contributed by atoms with Crippen LogP contribution in [0.5, 0.6) is 5.75 Å². The first-order valence-corrected chi connectivity index (χ1v) is 18.4. The molecular formula is C40H48N8O7. The van der Waals surface area contributed by atoms with E-state index >= 15 is 0 Å². The quantitative estimate of drug-likeness (QED) is 0.118. The number of amides is 6. The van der Waals surface area contributed by atoms with Crippen molar-refractivity contribution in [1.29, 1.82) is 0 Å². The molecule has 4 aromatic rings. The van der Waals surface area contributed by atoms with Gasteiger partial charge in [-0.15, -0.1) is 0 Å².